The third kappa shape index (κ3) is 1.90. The van der Waals surface area contributed by atoms with Gasteiger partial charge in [-0.15, -0.1) is 0 Å². The molecule has 0 amide bonds. The molecule has 3 fully saturated rings. The number of ketones is 1. The van der Waals surface area contributed by atoms with Crippen molar-refractivity contribution in [3.8, 4) is 0 Å². The molecule has 0 aliphatic heterocycles. The smallest absolute Gasteiger partial charge is 0.338 e. The van der Waals surface area contributed by atoms with Crippen molar-refractivity contribution in [2.75, 3.05) is 0 Å². The number of benzene rings is 1. The fraction of sp³-hybridized carbons (Fsp3) is 0.619. The van der Waals surface area contributed by atoms with Crippen LogP contribution in [0.25, 0.3) is 0 Å². The number of hydrogen-bond acceptors (Lipinski definition) is 3. The Morgan fingerprint density at radius 3 is 2.58 bits per heavy atom. The van der Waals surface area contributed by atoms with Crippen LogP contribution in [-0.4, -0.2) is 17.4 Å². The summed E-state index contributed by atoms with van der Waals surface area (Å²) in [6.07, 6.45) is 3.50. The van der Waals surface area contributed by atoms with Crippen LogP contribution in [0.15, 0.2) is 30.3 Å². The van der Waals surface area contributed by atoms with Gasteiger partial charge in [-0.05, 0) is 48.6 Å². The van der Waals surface area contributed by atoms with Crippen LogP contribution in [-0.2, 0) is 9.53 Å². The molecule has 4 rings (SSSR count). The second-order valence-electron chi connectivity index (χ2n) is 8.54. The van der Waals surface area contributed by atoms with E-state index in [1.807, 2.05) is 18.2 Å². The summed E-state index contributed by atoms with van der Waals surface area (Å²) in [4.78, 5) is 25.3. The first-order valence-corrected chi connectivity index (χ1v) is 9.21. The molecular weight excluding hydrogens is 300 g/mol. The first-order valence-electron chi connectivity index (χ1n) is 9.21. The first kappa shape index (κ1) is 15.9. The molecule has 3 saturated carbocycles. The normalized spacial score (nSPS) is 40.2. The molecule has 0 heterocycles. The van der Waals surface area contributed by atoms with E-state index in [4.69, 9.17) is 4.74 Å². The van der Waals surface area contributed by atoms with E-state index in [0.29, 0.717) is 41.9 Å². The van der Waals surface area contributed by atoms with Crippen molar-refractivity contribution in [1.29, 1.82) is 0 Å². The Balaban J connectivity index is 1.69. The maximum atomic E-state index is 12.7. The maximum absolute atomic E-state index is 12.7. The molecule has 0 unspecified atom stereocenters. The lowest BCUT2D eigenvalue weighted by Crippen LogP contribution is -2.68. The van der Waals surface area contributed by atoms with Gasteiger partial charge in [0.25, 0.3) is 0 Å². The third-order valence-electron chi connectivity index (χ3n) is 7.06. The maximum Gasteiger partial charge on any atom is 0.338 e. The molecule has 1 aromatic rings. The van der Waals surface area contributed by atoms with Crippen LogP contribution in [0.1, 0.15) is 56.8 Å². The van der Waals surface area contributed by atoms with Crippen molar-refractivity contribution in [3.63, 3.8) is 0 Å². The lowest BCUT2D eigenvalue weighted by molar-refractivity contribution is -0.226. The van der Waals surface area contributed by atoms with E-state index in [0.717, 1.165) is 12.8 Å². The molecule has 3 heteroatoms. The zero-order valence-corrected chi connectivity index (χ0v) is 14.7. The standard InChI is InChI=1S/C21H26O3/c1-13(2)15-9-11-20(3)17(15)21(12-10-16(22)18(20)21)24-19(23)14-7-5-4-6-8-14/h4-8,13,15,17-18H,9-12H2,1-3H3/t15-,17-,18-,20+,21-/m1/s1. The van der Waals surface area contributed by atoms with Gasteiger partial charge in [0, 0.05) is 12.3 Å². The Labute approximate surface area is 143 Å². The molecule has 0 saturated heterocycles. The highest BCUT2D eigenvalue weighted by Crippen LogP contribution is 2.74. The summed E-state index contributed by atoms with van der Waals surface area (Å²) in [6.45, 7) is 6.77. The summed E-state index contributed by atoms with van der Waals surface area (Å²) in [5.41, 5.74) is 0.0571. The number of carbonyl (C=O) groups is 2. The third-order valence-corrected chi connectivity index (χ3v) is 7.06. The Hall–Kier alpha value is -1.64. The van der Waals surface area contributed by atoms with Crippen LogP contribution < -0.4 is 0 Å². The van der Waals surface area contributed by atoms with Gasteiger partial charge >= 0.3 is 5.97 Å². The molecule has 3 aliphatic rings. The van der Waals surface area contributed by atoms with E-state index in [-0.39, 0.29) is 17.3 Å². The molecule has 128 valence electrons. The SMILES string of the molecule is CC(C)[C@H]1CC[C@]2(C)[C@H]3C(=O)CC[C@@]3(OC(=O)c3ccccc3)[C@H]12. The van der Waals surface area contributed by atoms with Crippen LogP contribution in [0.4, 0.5) is 0 Å². The Morgan fingerprint density at radius 2 is 1.92 bits per heavy atom. The quantitative estimate of drug-likeness (QED) is 0.779. The number of Topliss-reactive ketones (excluding diaryl/α,β-unsaturated/α-hetero) is 1. The van der Waals surface area contributed by atoms with Crippen molar-refractivity contribution in [1.82, 2.24) is 0 Å². The summed E-state index contributed by atoms with van der Waals surface area (Å²) in [6, 6.07) is 9.17. The summed E-state index contributed by atoms with van der Waals surface area (Å²) < 4.78 is 6.15. The first-order chi connectivity index (χ1) is 11.4. The van der Waals surface area contributed by atoms with Gasteiger partial charge in [0.1, 0.15) is 11.4 Å². The predicted octanol–water partition coefficient (Wildman–Crippen LogP) is 4.26. The Kier molecular flexibility index (Phi) is 3.42. The van der Waals surface area contributed by atoms with Gasteiger partial charge in [0.15, 0.2) is 0 Å². The van der Waals surface area contributed by atoms with E-state index in [1.54, 1.807) is 12.1 Å². The summed E-state index contributed by atoms with van der Waals surface area (Å²) in [7, 11) is 0. The molecule has 0 radical (unpaired) electrons. The fourth-order valence-corrected chi connectivity index (χ4v) is 6.28. The average molecular weight is 326 g/mol. The molecular formula is C21H26O3. The minimum absolute atomic E-state index is 0.0273. The minimum Gasteiger partial charge on any atom is -0.454 e. The molecule has 3 nitrogen and oxygen atoms in total. The number of fused-ring (bicyclic) bond motifs is 4. The Bertz CT molecular complexity index is 680. The largest absolute Gasteiger partial charge is 0.454 e. The minimum atomic E-state index is -0.551. The molecule has 0 spiro atoms. The van der Waals surface area contributed by atoms with Gasteiger partial charge in [-0.25, -0.2) is 4.79 Å². The average Bonchev–Trinajstić information content (AvgIpc) is 3.02. The van der Waals surface area contributed by atoms with Crippen molar-refractivity contribution < 1.29 is 14.3 Å². The van der Waals surface area contributed by atoms with Crippen LogP contribution in [0.5, 0.6) is 0 Å². The van der Waals surface area contributed by atoms with Gasteiger partial charge in [-0.2, -0.15) is 0 Å². The number of esters is 1. The van der Waals surface area contributed by atoms with E-state index in [9.17, 15) is 9.59 Å². The number of hydrogen-bond donors (Lipinski definition) is 0. The van der Waals surface area contributed by atoms with Gasteiger partial charge in [0.05, 0.1) is 11.5 Å². The van der Waals surface area contributed by atoms with Crippen LogP contribution in [0.2, 0.25) is 0 Å². The van der Waals surface area contributed by atoms with Gasteiger partial charge in [-0.1, -0.05) is 39.0 Å². The van der Waals surface area contributed by atoms with Crippen molar-refractivity contribution in [3.05, 3.63) is 35.9 Å². The molecule has 1 aromatic carbocycles. The second kappa shape index (κ2) is 5.18. The van der Waals surface area contributed by atoms with Crippen LogP contribution in [0, 0.1) is 29.1 Å². The second-order valence-corrected chi connectivity index (χ2v) is 8.54. The summed E-state index contributed by atoms with van der Waals surface area (Å²) in [5, 5.41) is 0. The summed E-state index contributed by atoms with van der Waals surface area (Å²) in [5.74, 6) is 1.37. The van der Waals surface area contributed by atoms with Gasteiger partial charge in [-0.3, -0.25) is 4.79 Å². The number of ether oxygens (including phenoxy) is 1. The van der Waals surface area contributed by atoms with Gasteiger partial charge < -0.3 is 4.74 Å². The summed E-state index contributed by atoms with van der Waals surface area (Å²) >= 11 is 0. The Morgan fingerprint density at radius 1 is 1.21 bits per heavy atom. The van der Waals surface area contributed by atoms with Gasteiger partial charge in [0.2, 0.25) is 0 Å². The zero-order valence-electron chi connectivity index (χ0n) is 14.7. The molecule has 24 heavy (non-hydrogen) atoms. The molecule has 0 bridgehead atoms. The highest BCUT2D eigenvalue weighted by atomic mass is 16.6. The van der Waals surface area contributed by atoms with E-state index in [2.05, 4.69) is 20.8 Å². The van der Waals surface area contributed by atoms with E-state index < -0.39 is 5.60 Å². The zero-order chi connectivity index (χ0) is 17.1. The molecule has 0 N–H and O–H groups in total. The predicted molar refractivity (Wildman–Crippen MR) is 91.5 cm³/mol. The van der Waals surface area contributed by atoms with E-state index >= 15 is 0 Å². The topological polar surface area (TPSA) is 43.4 Å². The van der Waals surface area contributed by atoms with Crippen molar-refractivity contribution >= 4 is 11.8 Å². The highest BCUT2D eigenvalue weighted by Gasteiger charge is 2.78. The van der Waals surface area contributed by atoms with E-state index in [1.165, 1.54) is 0 Å². The van der Waals surface area contributed by atoms with Crippen molar-refractivity contribution in [2.45, 2.75) is 52.1 Å². The number of rotatable bonds is 3. The monoisotopic (exact) mass is 326 g/mol. The number of carbonyl (C=O) groups excluding carboxylic acids is 2. The molecule has 0 aromatic heterocycles. The highest BCUT2D eigenvalue weighted by molar-refractivity contribution is 5.92. The molecule has 3 aliphatic carbocycles. The molecule has 5 atom stereocenters. The lowest BCUT2D eigenvalue weighted by Gasteiger charge is -2.62. The van der Waals surface area contributed by atoms with Crippen molar-refractivity contribution in [2.24, 2.45) is 29.1 Å². The van der Waals surface area contributed by atoms with Crippen LogP contribution >= 0.6 is 0 Å². The van der Waals surface area contributed by atoms with Crippen LogP contribution in [0.3, 0.4) is 0 Å². The fourth-order valence-electron chi connectivity index (χ4n) is 6.28. The lowest BCUT2D eigenvalue weighted by atomic mass is 9.45.